The second-order valence-corrected chi connectivity index (χ2v) is 12.1. The van der Waals surface area contributed by atoms with E-state index in [9.17, 15) is 0 Å². The summed E-state index contributed by atoms with van der Waals surface area (Å²) in [5, 5.41) is 4.39. The van der Waals surface area contributed by atoms with Gasteiger partial charge in [0.1, 0.15) is 23.2 Å². The Kier molecular flexibility index (Phi) is 6.68. The second-order valence-electron chi connectivity index (χ2n) is 8.49. The summed E-state index contributed by atoms with van der Waals surface area (Å²) in [5.41, 5.74) is 0. The van der Waals surface area contributed by atoms with Gasteiger partial charge in [-0.3, -0.25) is 0 Å². The highest BCUT2D eigenvalue weighted by Gasteiger charge is 2.44. The fourth-order valence-electron chi connectivity index (χ4n) is 4.51. The van der Waals surface area contributed by atoms with E-state index in [0.29, 0.717) is 6.61 Å². The van der Waals surface area contributed by atoms with Crippen LogP contribution in [0.1, 0.15) is 33.1 Å². The van der Waals surface area contributed by atoms with Crippen LogP contribution in [-0.2, 0) is 9.47 Å². The SMILES string of the molecule is CC1(C)OC[C@H](CCCC[P+](c2ccccc2)(c2ccccc2)c2ccccc2)O1. The lowest BCUT2D eigenvalue weighted by atomic mass is 10.2. The molecule has 1 atom stereocenters. The first-order chi connectivity index (χ1) is 14.6. The number of rotatable bonds is 8. The molecule has 2 nitrogen and oxygen atoms in total. The van der Waals surface area contributed by atoms with E-state index in [-0.39, 0.29) is 6.10 Å². The Morgan fingerprint density at radius 1 is 0.733 bits per heavy atom. The Labute approximate surface area is 181 Å². The Bertz CT molecular complexity index is 813. The Balaban J connectivity index is 1.62. The molecule has 0 amide bonds. The topological polar surface area (TPSA) is 18.5 Å². The average Bonchev–Trinajstić information content (AvgIpc) is 3.14. The third-order valence-electron chi connectivity index (χ3n) is 5.93. The molecule has 0 radical (unpaired) electrons. The zero-order valence-electron chi connectivity index (χ0n) is 18.0. The largest absolute Gasteiger partial charge is 0.348 e. The van der Waals surface area contributed by atoms with Crippen molar-refractivity contribution in [1.82, 2.24) is 0 Å². The van der Waals surface area contributed by atoms with E-state index in [1.165, 1.54) is 28.5 Å². The van der Waals surface area contributed by atoms with Gasteiger partial charge in [0.25, 0.3) is 0 Å². The van der Waals surface area contributed by atoms with Crippen LogP contribution in [0.5, 0.6) is 0 Å². The normalized spacial score (nSPS) is 18.4. The van der Waals surface area contributed by atoms with Crippen LogP contribution in [0.3, 0.4) is 0 Å². The molecule has 0 aliphatic carbocycles. The molecule has 0 bridgehead atoms. The van der Waals surface area contributed by atoms with Gasteiger partial charge < -0.3 is 9.47 Å². The Morgan fingerprint density at radius 2 is 1.20 bits per heavy atom. The van der Waals surface area contributed by atoms with Crippen molar-refractivity contribution in [3.63, 3.8) is 0 Å². The minimum atomic E-state index is -1.71. The zero-order valence-corrected chi connectivity index (χ0v) is 18.9. The minimum absolute atomic E-state index is 0.220. The highest BCUT2D eigenvalue weighted by molar-refractivity contribution is 7.95. The molecule has 3 heteroatoms. The zero-order chi connectivity index (χ0) is 20.9. The second kappa shape index (κ2) is 9.43. The van der Waals surface area contributed by atoms with Gasteiger partial charge in [0.15, 0.2) is 5.79 Å². The fraction of sp³-hybridized carbons (Fsp3) is 0.333. The number of benzene rings is 3. The van der Waals surface area contributed by atoms with Crippen molar-refractivity contribution in [3.8, 4) is 0 Å². The monoisotopic (exact) mass is 419 g/mol. The van der Waals surface area contributed by atoms with Crippen molar-refractivity contribution in [1.29, 1.82) is 0 Å². The summed E-state index contributed by atoms with van der Waals surface area (Å²) in [6.45, 7) is 4.72. The molecular formula is C27H32O2P+. The summed E-state index contributed by atoms with van der Waals surface area (Å²) in [6, 6.07) is 33.4. The smallest absolute Gasteiger partial charge is 0.163 e. The van der Waals surface area contributed by atoms with Gasteiger partial charge in [0, 0.05) is 0 Å². The summed E-state index contributed by atoms with van der Waals surface area (Å²) >= 11 is 0. The molecule has 3 aromatic carbocycles. The molecule has 0 saturated carbocycles. The van der Waals surface area contributed by atoms with E-state index < -0.39 is 13.0 Å². The Morgan fingerprint density at radius 3 is 1.60 bits per heavy atom. The first kappa shape index (κ1) is 21.2. The van der Waals surface area contributed by atoms with Crippen molar-refractivity contribution >= 4 is 23.2 Å². The van der Waals surface area contributed by atoms with Crippen LogP contribution in [0.4, 0.5) is 0 Å². The lowest BCUT2D eigenvalue weighted by Gasteiger charge is -2.28. The van der Waals surface area contributed by atoms with Crippen LogP contribution >= 0.6 is 7.26 Å². The highest BCUT2D eigenvalue weighted by atomic mass is 31.2. The summed E-state index contributed by atoms with van der Waals surface area (Å²) in [6.07, 6.45) is 4.77. The summed E-state index contributed by atoms with van der Waals surface area (Å²) in [4.78, 5) is 0. The molecule has 0 aromatic heterocycles. The van der Waals surface area contributed by atoms with Crippen LogP contribution in [0.25, 0.3) is 0 Å². The summed E-state index contributed by atoms with van der Waals surface area (Å²) in [5.74, 6) is -0.431. The van der Waals surface area contributed by atoms with Gasteiger partial charge >= 0.3 is 0 Å². The van der Waals surface area contributed by atoms with Gasteiger partial charge in [-0.25, -0.2) is 0 Å². The van der Waals surface area contributed by atoms with Gasteiger partial charge in [-0.1, -0.05) is 54.6 Å². The van der Waals surface area contributed by atoms with Crippen LogP contribution in [0.2, 0.25) is 0 Å². The molecule has 4 rings (SSSR count). The molecular weight excluding hydrogens is 387 g/mol. The van der Waals surface area contributed by atoms with Crippen molar-refractivity contribution in [2.75, 3.05) is 12.8 Å². The van der Waals surface area contributed by atoms with E-state index in [2.05, 4.69) is 91.0 Å². The maximum atomic E-state index is 6.02. The van der Waals surface area contributed by atoms with E-state index >= 15 is 0 Å². The quantitative estimate of drug-likeness (QED) is 0.364. The van der Waals surface area contributed by atoms with E-state index in [1.54, 1.807) is 0 Å². The third kappa shape index (κ3) is 4.67. The van der Waals surface area contributed by atoms with Crippen molar-refractivity contribution in [2.45, 2.75) is 45.0 Å². The average molecular weight is 420 g/mol. The van der Waals surface area contributed by atoms with Gasteiger partial charge in [-0.05, 0) is 69.5 Å². The van der Waals surface area contributed by atoms with Crippen LogP contribution in [0, 0.1) is 0 Å². The van der Waals surface area contributed by atoms with E-state index in [4.69, 9.17) is 9.47 Å². The Hall–Kier alpha value is -1.99. The van der Waals surface area contributed by atoms with Crippen LogP contribution < -0.4 is 15.9 Å². The number of hydrogen-bond donors (Lipinski definition) is 0. The van der Waals surface area contributed by atoms with E-state index in [1.807, 2.05) is 13.8 Å². The van der Waals surface area contributed by atoms with Crippen molar-refractivity contribution < 1.29 is 9.47 Å². The molecule has 1 aliphatic rings. The molecule has 0 N–H and O–H groups in total. The molecule has 30 heavy (non-hydrogen) atoms. The first-order valence-corrected chi connectivity index (χ1v) is 12.9. The molecule has 156 valence electrons. The lowest BCUT2D eigenvalue weighted by molar-refractivity contribution is -0.139. The fourth-order valence-corrected chi connectivity index (χ4v) is 8.92. The maximum absolute atomic E-state index is 6.02. The van der Waals surface area contributed by atoms with E-state index in [0.717, 1.165) is 12.8 Å². The molecule has 1 saturated heterocycles. The summed E-state index contributed by atoms with van der Waals surface area (Å²) in [7, 11) is -1.71. The molecule has 3 aromatic rings. The van der Waals surface area contributed by atoms with Crippen LogP contribution in [0.15, 0.2) is 91.0 Å². The van der Waals surface area contributed by atoms with Crippen molar-refractivity contribution in [2.24, 2.45) is 0 Å². The maximum Gasteiger partial charge on any atom is 0.163 e. The number of unbranched alkanes of at least 4 members (excludes halogenated alkanes) is 1. The molecule has 1 heterocycles. The van der Waals surface area contributed by atoms with Gasteiger partial charge in [-0.2, -0.15) is 0 Å². The molecule has 0 spiro atoms. The van der Waals surface area contributed by atoms with Gasteiger partial charge in [0.2, 0.25) is 0 Å². The molecule has 1 fully saturated rings. The minimum Gasteiger partial charge on any atom is -0.348 e. The highest BCUT2D eigenvalue weighted by Crippen LogP contribution is 2.56. The predicted octanol–water partition coefficient (Wildman–Crippen LogP) is 5.30. The summed E-state index contributed by atoms with van der Waals surface area (Å²) < 4.78 is 11.8. The van der Waals surface area contributed by atoms with Crippen molar-refractivity contribution in [3.05, 3.63) is 91.0 Å². The lowest BCUT2D eigenvalue weighted by Crippen LogP contribution is -2.33. The first-order valence-electron chi connectivity index (χ1n) is 11.0. The van der Waals surface area contributed by atoms with Gasteiger partial charge in [0.05, 0.1) is 18.9 Å². The third-order valence-corrected chi connectivity index (χ3v) is 10.5. The molecule has 0 unspecified atom stereocenters. The van der Waals surface area contributed by atoms with Crippen LogP contribution in [-0.4, -0.2) is 24.7 Å². The number of ether oxygens (including phenoxy) is 2. The predicted molar refractivity (Wildman–Crippen MR) is 129 cm³/mol. The molecule has 1 aliphatic heterocycles. The standard InChI is InChI=1S/C27H32O2P/c1-27(2)28-22-23(29-27)14-12-13-21-30(24-15-6-3-7-16-24,25-17-8-4-9-18-25)26-19-10-5-11-20-26/h3-11,15-20,23H,12-14,21-22H2,1-2H3/q+1/t23-/m0/s1. The van der Waals surface area contributed by atoms with Gasteiger partial charge in [-0.15, -0.1) is 0 Å². The number of hydrogen-bond acceptors (Lipinski definition) is 2.